The third-order valence-electron chi connectivity index (χ3n) is 3.05. The van der Waals surface area contributed by atoms with E-state index < -0.39 is 0 Å². The summed E-state index contributed by atoms with van der Waals surface area (Å²) in [5.74, 6) is 0. The zero-order valence-electron chi connectivity index (χ0n) is 10.5. The van der Waals surface area contributed by atoms with Gasteiger partial charge in [-0.15, -0.1) is 5.10 Å². The second kappa shape index (κ2) is 4.94. The third kappa shape index (κ3) is 2.23. The molecule has 0 unspecified atom stereocenters. The van der Waals surface area contributed by atoms with Crippen LogP contribution in [0.2, 0.25) is 5.02 Å². The average Bonchev–Trinajstić information content (AvgIpc) is 2.46. The molecule has 0 fully saturated rings. The fourth-order valence-corrected chi connectivity index (χ4v) is 2.19. The van der Waals surface area contributed by atoms with E-state index in [4.69, 9.17) is 17.3 Å². The topological polar surface area (TPSA) is 73.8 Å². The summed E-state index contributed by atoms with van der Waals surface area (Å²) >= 11 is 5.94. The molecular formula is C14H11ClN4O. The number of nitrogens with two attached hydrogens (primary N) is 1. The van der Waals surface area contributed by atoms with Gasteiger partial charge in [-0.1, -0.05) is 28.9 Å². The van der Waals surface area contributed by atoms with Crippen molar-refractivity contribution < 1.29 is 0 Å². The van der Waals surface area contributed by atoms with Gasteiger partial charge in [-0.05, 0) is 35.9 Å². The summed E-state index contributed by atoms with van der Waals surface area (Å²) in [6.45, 7) is 0.239. The number of hydrogen-bond acceptors (Lipinski definition) is 4. The van der Waals surface area contributed by atoms with Gasteiger partial charge in [-0.2, -0.15) is 0 Å². The van der Waals surface area contributed by atoms with Crippen molar-refractivity contribution in [3.05, 3.63) is 63.4 Å². The molecule has 5 nitrogen and oxygen atoms in total. The van der Waals surface area contributed by atoms with Gasteiger partial charge in [0, 0.05) is 10.7 Å². The van der Waals surface area contributed by atoms with Gasteiger partial charge < -0.3 is 5.73 Å². The van der Waals surface area contributed by atoms with Crippen molar-refractivity contribution in [3.8, 4) is 0 Å². The van der Waals surface area contributed by atoms with Gasteiger partial charge in [-0.3, -0.25) is 4.79 Å². The minimum absolute atomic E-state index is 0.199. The predicted molar refractivity (Wildman–Crippen MR) is 78.8 cm³/mol. The number of halogens is 1. The first-order chi connectivity index (χ1) is 9.65. The number of rotatable bonds is 2. The molecule has 0 amide bonds. The maximum atomic E-state index is 12.3. The van der Waals surface area contributed by atoms with Gasteiger partial charge in [0.05, 0.1) is 11.9 Å². The molecule has 0 aliphatic carbocycles. The lowest BCUT2D eigenvalue weighted by molar-refractivity contribution is 0.601. The summed E-state index contributed by atoms with van der Waals surface area (Å²) in [6.07, 6.45) is 0. The molecule has 0 saturated heterocycles. The number of nitrogen functional groups attached to an aromatic ring is 1. The Morgan fingerprint density at radius 1 is 1.20 bits per heavy atom. The van der Waals surface area contributed by atoms with Gasteiger partial charge in [0.1, 0.15) is 5.52 Å². The molecule has 0 spiro atoms. The molecule has 100 valence electrons. The van der Waals surface area contributed by atoms with Gasteiger partial charge in [0.25, 0.3) is 5.56 Å². The lowest BCUT2D eigenvalue weighted by Gasteiger charge is -2.08. The minimum Gasteiger partial charge on any atom is -0.398 e. The second-order valence-corrected chi connectivity index (χ2v) is 4.85. The van der Waals surface area contributed by atoms with Crippen molar-refractivity contribution in [1.82, 2.24) is 15.0 Å². The summed E-state index contributed by atoms with van der Waals surface area (Å²) in [4.78, 5) is 12.3. The van der Waals surface area contributed by atoms with Crippen LogP contribution in [0.1, 0.15) is 5.56 Å². The van der Waals surface area contributed by atoms with Crippen LogP contribution in [-0.4, -0.2) is 15.0 Å². The van der Waals surface area contributed by atoms with Crippen molar-refractivity contribution >= 4 is 28.2 Å². The molecule has 0 atom stereocenters. The highest BCUT2D eigenvalue weighted by Gasteiger charge is 2.07. The number of anilines is 1. The van der Waals surface area contributed by atoms with Crippen molar-refractivity contribution in [2.24, 2.45) is 0 Å². The highest BCUT2D eigenvalue weighted by molar-refractivity contribution is 6.30. The van der Waals surface area contributed by atoms with Crippen molar-refractivity contribution in [2.75, 3.05) is 5.73 Å². The Morgan fingerprint density at radius 2 is 2.00 bits per heavy atom. The first-order valence-electron chi connectivity index (χ1n) is 6.01. The van der Waals surface area contributed by atoms with Crippen molar-refractivity contribution in [3.63, 3.8) is 0 Å². The Labute approximate surface area is 119 Å². The van der Waals surface area contributed by atoms with Gasteiger partial charge >= 0.3 is 0 Å². The molecule has 3 aromatic rings. The van der Waals surface area contributed by atoms with E-state index in [1.807, 2.05) is 6.07 Å². The molecule has 6 heteroatoms. The van der Waals surface area contributed by atoms with Crippen LogP contribution < -0.4 is 11.3 Å². The molecule has 0 radical (unpaired) electrons. The molecule has 2 aromatic carbocycles. The highest BCUT2D eigenvalue weighted by Crippen LogP contribution is 2.18. The standard InChI is InChI=1S/C14H11ClN4O/c15-10-5-6-12(16)9(7-10)8-19-14(20)11-3-1-2-4-13(11)17-18-19/h1-7H,8,16H2. The fourth-order valence-electron chi connectivity index (χ4n) is 2.00. The smallest absolute Gasteiger partial charge is 0.277 e. The van der Waals surface area contributed by atoms with Crippen LogP contribution in [-0.2, 0) is 6.54 Å². The number of aromatic nitrogens is 3. The first kappa shape index (κ1) is 12.6. The quantitative estimate of drug-likeness (QED) is 0.732. The average molecular weight is 287 g/mol. The summed E-state index contributed by atoms with van der Waals surface area (Å²) < 4.78 is 1.28. The number of fused-ring (bicyclic) bond motifs is 1. The van der Waals surface area contributed by atoms with E-state index in [0.717, 1.165) is 5.56 Å². The molecule has 20 heavy (non-hydrogen) atoms. The van der Waals surface area contributed by atoms with E-state index >= 15 is 0 Å². The molecule has 0 saturated carbocycles. The van der Waals surface area contributed by atoms with Gasteiger partial charge in [0.15, 0.2) is 0 Å². The molecule has 2 N–H and O–H groups in total. The summed E-state index contributed by atoms with van der Waals surface area (Å²) in [6, 6.07) is 12.2. The van der Waals surface area contributed by atoms with E-state index in [1.165, 1.54) is 4.68 Å². The van der Waals surface area contributed by atoms with Crippen LogP contribution >= 0.6 is 11.6 Å². The van der Waals surface area contributed by atoms with Crippen molar-refractivity contribution in [2.45, 2.75) is 6.54 Å². The number of nitrogens with zero attached hydrogens (tertiary/aromatic N) is 3. The van der Waals surface area contributed by atoms with Crippen LogP contribution in [0.15, 0.2) is 47.3 Å². The second-order valence-electron chi connectivity index (χ2n) is 4.41. The summed E-state index contributed by atoms with van der Waals surface area (Å²) in [5, 5.41) is 9.05. The molecule has 1 aromatic heterocycles. The Bertz CT molecular complexity index is 844. The zero-order valence-corrected chi connectivity index (χ0v) is 11.2. The lowest BCUT2D eigenvalue weighted by Crippen LogP contribution is -2.25. The van der Waals surface area contributed by atoms with E-state index in [9.17, 15) is 4.79 Å². The SMILES string of the molecule is Nc1ccc(Cl)cc1Cn1nnc2ccccc2c1=O. The van der Waals surface area contributed by atoms with Crippen LogP contribution in [0.5, 0.6) is 0 Å². The lowest BCUT2D eigenvalue weighted by atomic mass is 10.2. The maximum absolute atomic E-state index is 12.3. The molecule has 0 bridgehead atoms. The van der Waals surface area contributed by atoms with Crippen LogP contribution in [0.4, 0.5) is 5.69 Å². The molecule has 0 aliphatic heterocycles. The Balaban J connectivity index is 2.09. The molecule has 1 heterocycles. The maximum Gasteiger partial charge on any atom is 0.277 e. The number of benzene rings is 2. The Hall–Kier alpha value is -2.40. The molecular weight excluding hydrogens is 276 g/mol. The molecule has 3 rings (SSSR count). The van der Waals surface area contributed by atoms with Gasteiger partial charge in [-0.25, -0.2) is 4.68 Å². The van der Waals surface area contributed by atoms with Gasteiger partial charge in [0.2, 0.25) is 0 Å². The summed E-state index contributed by atoms with van der Waals surface area (Å²) in [5.41, 5.74) is 7.56. The van der Waals surface area contributed by atoms with Crippen LogP contribution in [0.3, 0.4) is 0 Å². The summed E-state index contributed by atoms with van der Waals surface area (Å²) in [7, 11) is 0. The van der Waals surface area contributed by atoms with Crippen molar-refractivity contribution in [1.29, 1.82) is 0 Å². The predicted octanol–water partition coefficient (Wildman–Crippen LogP) is 2.08. The Morgan fingerprint density at radius 3 is 2.85 bits per heavy atom. The van der Waals surface area contributed by atoms with E-state index in [1.54, 1.807) is 36.4 Å². The Kier molecular flexibility index (Phi) is 3.12. The van der Waals surface area contributed by atoms with Crippen LogP contribution in [0.25, 0.3) is 10.9 Å². The minimum atomic E-state index is -0.199. The normalized spacial score (nSPS) is 10.8. The zero-order chi connectivity index (χ0) is 14.1. The number of hydrogen-bond donors (Lipinski definition) is 1. The van der Waals surface area contributed by atoms with E-state index in [0.29, 0.717) is 21.6 Å². The fraction of sp³-hybridized carbons (Fsp3) is 0.0714. The third-order valence-corrected chi connectivity index (χ3v) is 3.29. The van der Waals surface area contributed by atoms with E-state index in [-0.39, 0.29) is 12.1 Å². The van der Waals surface area contributed by atoms with E-state index in [2.05, 4.69) is 10.3 Å². The first-order valence-corrected chi connectivity index (χ1v) is 6.39. The highest BCUT2D eigenvalue weighted by atomic mass is 35.5. The molecule has 0 aliphatic rings. The largest absolute Gasteiger partial charge is 0.398 e. The monoisotopic (exact) mass is 286 g/mol. The van der Waals surface area contributed by atoms with Crippen LogP contribution in [0, 0.1) is 0 Å².